The average molecular weight is 119 g/mol. The van der Waals surface area contributed by atoms with Crippen molar-refractivity contribution in [3.05, 3.63) is 0 Å². The van der Waals surface area contributed by atoms with E-state index in [-0.39, 0.29) is 12.5 Å². The molecule has 0 aromatic carbocycles. The van der Waals surface area contributed by atoms with Gasteiger partial charge in [-0.15, -0.1) is 0 Å². The molecule has 0 bridgehead atoms. The Labute approximate surface area is 49.1 Å². The monoisotopic (exact) mass is 119 g/mol. The standard InChI is InChI=1S/C5H13NO2/c1-4(6)3-5(2,7)8/h4,7-8H,3,6H2,1-2H3/t4-/m1/s1. The summed E-state index contributed by atoms with van der Waals surface area (Å²) in [6.45, 7) is 3.04. The van der Waals surface area contributed by atoms with Crippen molar-refractivity contribution in [1.82, 2.24) is 0 Å². The van der Waals surface area contributed by atoms with Crippen molar-refractivity contribution in [3.8, 4) is 0 Å². The van der Waals surface area contributed by atoms with Gasteiger partial charge in [0.25, 0.3) is 0 Å². The quantitative estimate of drug-likeness (QED) is 0.426. The molecule has 0 fully saturated rings. The Morgan fingerprint density at radius 3 is 2.00 bits per heavy atom. The molecule has 8 heavy (non-hydrogen) atoms. The van der Waals surface area contributed by atoms with Gasteiger partial charge < -0.3 is 15.9 Å². The van der Waals surface area contributed by atoms with E-state index < -0.39 is 5.79 Å². The van der Waals surface area contributed by atoms with Gasteiger partial charge in [0.2, 0.25) is 0 Å². The minimum atomic E-state index is -1.60. The predicted octanol–water partition coefficient (Wildman–Crippen LogP) is -0.576. The van der Waals surface area contributed by atoms with E-state index in [4.69, 9.17) is 15.9 Å². The van der Waals surface area contributed by atoms with Crippen LogP contribution >= 0.6 is 0 Å². The van der Waals surface area contributed by atoms with E-state index >= 15 is 0 Å². The smallest absolute Gasteiger partial charge is 0.161 e. The van der Waals surface area contributed by atoms with Crippen molar-refractivity contribution >= 4 is 0 Å². The first kappa shape index (κ1) is 7.88. The molecule has 0 amide bonds. The topological polar surface area (TPSA) is 66.5 Å². The molecule has 0 spiro atoms. The summed E-state index contributed by atoms with van der Waals surface area (Å²) in [7, 11) is 0. The summed E-state index contributed by atoms with van der Waals surface area (Å²) in [6.07, 6.45) is 0.215. The number of aliphatic hydroxyl groups is 2. The van der Waals surface area contributed by atoms with Gasteiger partial charge in [-0.05, 0) is 13.8 Å². The molecular formula is C5H13NO2. The lowest BCUT2D eigenvalue weighted by Crippen LogP contribution is -2.32. The first-order valence-electron chi connectivity index (χ1n) is 2.62. The summed E-state index contributed by atoms with van der Waals surface area (Å²) < 4.78 is 0. The normalized spacial score (nSPS) is 16.1. The SMILES string of the molecule is C[C@@H](N)CC(C)(O)O. The van der Waals surface area contributed by atoms with E-state index in [0.717, 1.165) is 0 Å². The maximum atomic E-state index is 8.66. The maximum Gasteiger partial charge on any atom is 0.161 e. The van der Waals surface area contributed by atoms with E-state index in [1.54, 1.807) is 6.92 Å². The molecule has 0 aromatic rings. The van der Waals surface area contributed by atoms with Crippen LogP contribution in [-0.4, -0.2) is 22.0 Å². The number of hydrogen-bond acceptors (Lipinski definition) is 3. The first-order valence-corrected chi connectivity index (χ1v) is 2.62. The van der Waals surface area contributed by atoms with E-state index in [1.165, 1.54) is 6.92 Å². The molecule has 0 aliphatic rings. The van der Waals surface area contributed by atoms with Gasteiger partial charge >= 0.3 is 0 Å². The molecule has 0 aliphatic carbocycles. The Balaban J connectivity index is 3.39. The molecule has 50 valence electrons. The van der Waals surface area contributed by atoms with Crippen molar-refractivity contribution in [3.63, 3.8) is 0 Å². The highest BCUT2D eigenvalue weighted by atomic mass is 16.5. The van der Waals surface area contributed by atoms with Crippen LogP contribution in [0.2, 0.25) is 0 Å². The molecule has 0 rings (SSSR count). The van der Waals surface area contributed by atoms with Crippen LogP contribution in [0.25, 0.3) is 0 Å². The molecule has 3 heteroatoms. The Kier molecular flexibility index (Phi) is 2.40. The average Bonchev–Trinajstić information content (AvgIpc) is 1.21. The zero-order valence-corrected chi connectivity index (χ0v) is 5.26. The Morgan fingerprint density at radius 2 is 2.00 bits per heavy atom. The van der Waals surface area contributed by atoms with E-state index in [0.29, 0.717) is 0 Å². The van der Waals surface area contributed by atoms with Gasteiger partial charge in [-0.1, -0.05) is 0 Å². The highest BCUT2D eigenvalue weighted by Crippen LogP contribution is 2.04. The molecular weight excluding hydrogens is 106 g/mol. The molecule has 0 aromatic heterocycles. The van der Waals surface area contributed by atoms with Crippen LogP contribution in [0.5, 0.6) is 0 Å². The van der Waals surface area contributed by atoms with Crippen molar-refractivity contribution in [2.75, 3.05) is 0 Å². The fourth-order valence-electron chi connectivity index (χ4n) is 0.610. The summed E-state index contributed by atoms with van der Waals surface area (Å²) in [6, 6.07) is -0.157. The fraction of sp³-hybridized carbons (Fsp3) is 1.00. The minimum Gasteiger partial charge on any atom is -0.366 e. The molecule has 1 atom stereocenters. The van der Waals surface area contributed by atoms with Crippen LogP contribution in [-0.2, 0) is 0 Å². The molecule has 4 N–H and O–H groups in total. The number of nitrogens with two attached hydrogens (primary N) is 1. The van der Waals surface area contributed by atoms with Gasteiger partial charge in [-0.3, -0.25) is 0 Å². The van der Waals surface area contributed by atoms with Crippen LogP contribution in [0.4, 0.5) is 0 Å². The van der Waals surface area contributed by atoms with Crippen LogP contribution in [0.15, 0.2) is 0 Å². The maximum absolute atomic E-state index is 8.66. The summed E-state index contributed by atoms with van der Waals surface area (Å²) in [5, 5.41) is 17.3. The third-order valence-corrected chi connectivity index (χ3v) is 0.709. The predicted molar refractivity (Wildman–Crippen MR) is 31.1 cm³/mol. The summed E-state index contributed by atoms with van der Waals surface area (Å²) >= 11 is 0. The zero-order chi connectivity index (χ0) is 6.78. The molecule has 0 saturated carbocycles. The third-order valence-electron chi connectivity index (χ3n) is 0.709. The lowest BCUT2D eigenvalue weighted by molar-refractivity contribution is -0.151. The lowest BCUT2D eigenvalue weighted by atomic mass is 10.1. The van der Waals surface area contributed by atoms with Crippen molar-refractivity contribution in [2.24, 2.45) is 5.73 Å². The van der Waals surface area contributed by atoms with Crippen molar-refractivity contribution < 1.29 is 10.2 Å². The molecule has 0 radical (unpaired) electrons. The van der Waals surface area contributed by atoms with Gasteiger partial charge in [0.05, 0.1) is 0 Å². The van der Waals surface area contributed by atoms with Crippen LogP contribution in [0, 0.1) is 0 Å². The van der Waals surface area contributed by atoms with E-state index in [1.807, 2.05) is 0 Å². The van der Waals surface area contributed by atoms with Gasteiger partial charge in [0, 0.05) is 12.5 Å². The van der Waals surface area contributed by atoms with Gasteiger partial charge in [-0.2, -0.15) is 0 Å². The third kappa shape index (κ3) is 5.88. The van der Waals surface area contributed by atoms with Gasteiger partial charge in [0.15, 0.2) is 5.79 Å². The highest BCUT2D eigenvalue weighted by molar-refractivity contribution is 4.63. The number of rotatable bonds is 2. The van der Waals surface area contributed by atoms with Crippen molar-refractivity contribution in [2.45, 2.75) is 32.1 Å². The minimum absolute atomic E-state index is 0.157. The van der Waals surface area contributed by atoms with Gasteiger partial charge in [0.1, 0.15) is 0 Å². The van der Waals surface area contributed by atoms with Crippen molar-refractivity contribution in [1.29, 1.82) is 0 Å². The molecule has 0 aliphatic heterocycles. The van der Waals surface area contributed by atoms with Crippen LogP contribution in [0.1, 0.15) is 20.3 Å². The van der Waals surface area contributed by atoms with Crippen LogP contribution in [0.3, 0.4) is 0 Å². The summed E-state index contributed by atoms with van der Waals surface area (Å²) in [4.78, 5) is 0. The largest absolute Gasteiger partial charge is 0.366 e. The van der Waals surface area contributed by atoms with Crippen LogP contribution < -0.4 is 5.73 Å². The summed E-state index contributed by atoms with van der Waals surface area (Å²) in [5.74, 6) is -1.60. The molecule has 0 saturated heterocycles. The summed E-state index contributed by atoms with van der Waals surface area (Å²) in [5.41, 5.74) is 5.26. The molecule has 3 nitrogen and oxygen atoms in total. The second-order valence-electron chi connectivity index (χ2n) is 2.40. The molecule has 0 heterocycles. The fourth-order valence-corrected chi connectivity index (χ4v) is 0.610. The Morgan fingerprint density at radius 1 is 1.62 bits per heavy atom. The Hall–Kier alpha value is -0.120. The van der Waals surface area contributed by atoms with E-state index in [9.17, 15) is 0 Å². The first-order chi connectivity index (χ1) is 3.42. The highest BCUT2D eigenvalue weighted by Gasteiger charge is 2.16. The zero-order valence-electron chi connectivity index (χ0n) is 5.26. The molecule has 0 unspecified atom stereocenters. The van der Waals surface area contributed by atoms with E-state index in [2.05, 4.69) is 0 Å². The lowest BCUT2D eigenvalue weighted by Gasteiger charge is -2.17. The Bertz CT molecular complexity index is 65.3. The number of hydrogen-bond donors (Lipinski definition) is 3. The second-order valence-corrected chi connectivity index (χ2v) is 2.40. The van der Waals surface area contributed by atoms with Gasteiger partial charge in [-0.25, -0.2) is 0 Å². The second kappa shape index (κ2) is 2.44.